The Labute approximate surface area is 155 Å². The molecule has 2 aromatic rings. The average molecular weight is 373 g/mol. The Morgan fingerprint density at radius 3 is 2.76 bits per heavy atom. The topological polar surface area (TPSA) is 49.4 Å². The number of amides is 2. The highest BCUT2D eigenvalue weighted by atomic mass is 35.5. The summed E-state index contributed by atoms with van der Waals surface area (Å²) in [6, 6.07) is 14.8. The maximum Gasteiger partial charge on any atom is 0.256 e. The zero-order chi connectivity index (χ0) is 17.4. The van der Waals surface area contributed by atoms with Crippen LogP contribution in [0.4, 0.5) is 0 Å². The number of hydrogen-bond acceptors (Lipinski definition) is 3. The molecule has 2 aliphatic rings. The Morgan fingerprint density at radius 2 is 1.96 bits per heavy atom. The molecule has 4 rings (SSSR count). The predicted octanol–water partition coefficient (Wildman–Crippen LogP) is 3.27. The van der Waals surface area contributed by atoms with Crippen LogP contribution in [0.5, 0.6) is 0 Å². The first-order valence-corrected chi connectivity index (χ1v) is 9.63. The minimum atomic E-state index is -0.403. The largest absolute Gasteiger partial charge is 0.354 e. The van der Waals surface area contributed by atoms with Gasteiger partial charge in [-0.15, -0.1) is 11.8 Å². The van der Waals surface area contributed by atoms with Gasteiger partial charge in [-0.1, -0.05) is 41.9 Å². The van der Waals surface area contributed by atoms with Crippen molar-refractivity contribution in [2.45, 2.75) is 17.8 Å². The highest BCUT2D eigenvalue weighted by Crippen LogP contribution is 2.47. The summed E-state index contributed by atoms with van der Waals surface area (Å²) in [5.41, 5.74) is 2.86. The van der Waals surface area contributed by atoms with Crippen molar-refractivity contribution in [2.75, 3.05) is 12.3 Å². The van der Waals surface area contributed by atoms with Crippen LogP contribution in [0.25, 0.3) is 0 Å². The van der Waals surface area contributed by atoms with Crippen LogP contribution in [0.3, 0.4) is 0 Å². The fourth-order valence-electron chi connectivity index (χ4n) is 3.34. The molecule has 1 fully saturated rings. The molecule has 1 unspecified atom stereocenters. The molecule has 25 heavy (non-hydrogen) atoms. The van der Waals surface area contributed by atoms with Crippen molar-refractivity contribution in [3.63, 3.8) is 0 Å². The van der Waals surface area contributed by atoms with E-state index in [9.17, 15) is 9.59 Å². The molecule has 0 saturated carbocycles. The molecule has 128 valence electrons. The minimum absolute atomic E-state index is 0.0317. The van der Waals surface area contributed by atoms with Crippen LogP contribution in [-0.4, -0.2) is 35.1 Å². The van der Waals surface area contributed by atoms with Gasteiger partial charge in [-0.25, -0.2) is 0 Å². The third kappa shape index (κ3) is 3.02. The second-order valence-corrected chi connectivity index (χ2v) is 7.72. The van der Waals surface area contributed by atoms with Gasteiger partial charge in [0.2, 0.25) is 5.91 Å². The fourth-order valence-corrected chi connectivity index (χ4v) is 4.93. The molecular formula is C19H17ClN2O2S. The lowest BCUT2D eigenvalue weighted by Gasteiger charge is -2.22. The maximum atomic E-state index is 12.6. The molecular weight excluding hydrogens is 356 g/mol. The van der Waals surface area contributed by atoms with Crippen LogP contribution in [0, 0.1) is 0 Å². The van der Waals surface area contributed by atoms with Gasteiger partial charge in [0, 0.05) is 22.9 Å². The SMILES string of the molecule is O=C(NCCc1ccc(Cl)cc1)[C@@H]1CSC2c3ccccc3C(=O)N21. The van der Waals surface area contributed by atoms with Crippen molar-refractivity contribution >= 4 is 35.2 Å². The van der Waals surface area contributed by atoms with Crippen LogP contribution in [0.15, 0.2) is 48.5 Å². The zero-order valence-corrected chi connectivity index (χ0v) is 15.0. The van der Waals surface area contributed by atoms with Gasteiger partial charge >= 0.3 is 0 Å². The third-order valence-corrected chi connectivity index (χ3v) is 6.18. The Kier molecular flexibility index (Phi) is 4.44. The van der Waals surface area contributed by atoms with E-state index in [1.807, 2.05) is 48.5 Å². The molecule has 2 heterocycles. The van der Waals surface area contributed by atoms with E-state index in [-0.39, 0.29) is 17.2 Å². The number of fused-ring (bicyclic) bond motifs is 3. The molecule has 0 spiro atoms. The number of rotatable bonds is 4. The number of halogens is 1. The van der Waals surface area contributed by atoms with Crippen LogP contribution in [0.1, 0.15) is 26.9 Å². The van der Waals surface area contributed by atoms with Gasteiger partial charge in [0.05, 0.1) is 0 Å². The molecule has 4 nitrogen and oxygen atoms in total. The Hall–Kier alpha value is -1.98. The number of nitrogens with zero attached hydrogens (tertiary/aromatic N) is 1. The normalized spacial score (nSPS) is 21.2. The summed E-state index contributed by atoms with van der Waals surface area (Å²) in [7, 11) is 0. The van der Waals surface area contributed by atoms with E-state index in [0.29, 0.717) is 17.3 Å². The van der Waals surface area contributed by atoms with E-state index < -0.39 is 6.04 Å². The van der Waals surface area contributed by atoms with Crippen LogP contribution < -0.4 is 5.32 Å². The second-order valence-electron chi connectivity index (χ2n) is 6.17. The first-order chi connectivity index (χ1) is 12.1. The van der Waals surface area contributed by atoms with Gasteiger partial charge in [0.1, 0.15) is 11.4 Å². The van der Waals surface area contributed by atoms with Gasteiger partial charge in [-0.3, -0.25) is 9.59 Å². The lowest BCUT2D eigenvalue weighted by Crippen LogP contribution is -2.46. The summed E-state index contributed by atoms with van der Waals surface area (Å²) >= 11 is 7.53. The number of carbonyl (C=O) groups is 2. The number of carbonyl (C=O) groups excluding carboxylic acids is 2. The average Bonchev–Trinajstić information content (AvgIpc) is 3.18. The summed E-state index contributed by atoms with van der Waals surface area (Å²) < 4.78 is 0. The predicted molar refractivity (Wildman–Crippen MR) is 99.8 cm³/mol. The van der Waals surface area contributed by atoms with E-state index in [1.165, 1.54) is 0 Å². The van der Waals surface area contributed by atoms with Crippen molar-refractivity contribution in [2.24, 2.45) is 0 Å². The van der Waals surface area contributed by atoms with E-state index in [0.717, 1.165) is 23.1 Å². The van der Waals surface area contributed by atoms with Crippen LogP contribution >= 0.6 is 23.4 Å². The van der Waals surface area contributed by atoms with Crippen LogP contribution in [0.2, 0.25) is 5.02 Å². The van der Waals surface area contributed by atoms with Gasteiger partial charge in [-0.05, 0) is 35.7 Å². The quantitative estimate of drug-likeness (QED) is 0.896. The van der Waals surface area contributed by atoms with Crippen molar-refractivity contribution in [1.29, 1.82) is 0 Å². The first kappa shape index (κ1) is 16.5. The van der Waals surface area contributed by atoms with Crippen molar-refractivity contribution in [1.82, 2.24) is 10.2 Å². The number of nitrogens with one attached hydrogen (secondary N) is 1. The molecule has 2 aromatic carbocycles. The second kappa shape index (κ2) is 6.73. The fraction of sp³-hybridized carbons (Fsp3) is 0.263. The third-order valence-electron chi connectivity index (χ3n) is 4.62. The molecule has 2 atom stereocenters. The molecule has 6 heteroatoms. The molecule has 1 N–H and O–H groups in total. The van der Waals surface area contributed by atoms with E-state index in [1.54, 1.807) is 16.7 Å². The lowest BCUT2D eigenvalue weighted by atomic mass is 10.1. The molecule has 0 radical (unpaired) electrons. The Balaban J connectivity index is 1.39. The molecule has 1 saturated heterocycles. The van der Waals surface area contributed by atoms with Crippen molar-refractivity contribution < 1.29 is 9.59 Å². The molecule has 0 aliphatic carbocycles. The summed E-state index contributed by atoms with van der Waals surface area (Å²) in [5, 5.41) is 3.64. The highest BCUT2D eigenvalue weighted by molar-refractivity contribution is 7.99. The number of benzene rings is 2. The number of hydrogen-bond donors (Lipinski definition) is 1. The molecule has 2 amide bonds. The smallest absolute Gasteiger partial charge is 0.256 e. The van der Waals surface area contributed by atoms with E-state index >= 15 is 0 Å². The summed E-state index contributed by atoms with van der Waals surface area (Å²) in [5.74, 6) is 0.519. The zero-order valence-electron chi connectivity index (χ0n) is 13.4. The highest BCUT2D eigenvalue weighted by Gasteiger charge is 2.48. The standard InChI is InChI=1S/C19H17ClN2O2S/c20-13-7-5-12(6-8-13)9-10-21-17(23)16-11-25-19-15-4-2-1-3-14(15)18(24)22(16)19/h1-8,16,19H,9-11H2,(H,21,23)/t16-,19?/m0/s1. The Bertz CT molecular complexity index is 824. The lowest BCUT2D eigenvalue weighted by molar-refractivity contribution is -0.124. The van der Waals surface area contributed by atoms with E-state index in [2.05, 4.69) is 5.32 Å². The van der Waals surface area contributed by atoms with Gasteiger partial charge in [0.25, 0.3) is 5.91 Å². The summed E-state index contributed by atoms with van der Waals surface area (Å²) in [6.07, 6.45) is 0.736. The summed E-state index contributed by atoms with van der Waals surface area (Å²) in [4.78, 5) is 27.0. The Morgan fingerprint density at radius 1 is 1.20 bits per heavy atom. The maximum absolute atomic E-state index is 12.6. The van der Waals surface area contributed by atoms with Gasteiger partial charge in [-0.2, -0.15) is 0 Å². The minimum Gasteiger partial charge on any atom is -0.354 e. The van der Waals surface area contributed by atoms with Crippen molar-refractivity contribution in [3.05, 3.63) is 70.2 Å². The molecule has 0 bridgehead atoms. The molecule has 2 aliphatic heterocycles. The van der Waals surface area contributed by atoms with E-state index in [4.69, 9.17) is 11.6 Å². The van der Waals surface area contributed by atoms with Crippen molar-refractivity contribution in [3.8, 4) is 0 Å². The number of thioether (sulfide) groups is 1. The first-order valence-electron chi connectivity index (χ1n) is 8.20. The summed E-state index contributed by atoms with van der Waals surface area (Å²) in [6.45, 7) is 0.543. The monoisotopic (exact) mass is 372 g/mol. The van der Waals surface area contributed by atoms with Gasteiger partial charge < -0.3 is 10.2 Å². The van der Waals surface area contributed by atoms with Gasteiger partial charge in [0.15, 0.2) is 0 Å². The molecule has 0 aromatic heterocycles. The van der Waals surface area contributed by atoms with Crippen LogP contribution in [-0.2, 0) is 11.2 Å².